The standard InChI is InChI=1S/C15H17FN2O2S/c1-3-17-12-5-7-13(8-6-12)21(19,20)18-15-9-4-11(2)10-14(15)16/h4-10,17-18H,3H2,1-2H3. The van der Waals surface area contributed by atoms with Gasteiger partial charge in [0.15, 0.2) is 0 Å². The van der Waals surface area contributed by atoms with Crippen molar-refractivity contribution in [3.05, 3.63) is 53.8 Å². The average molecular weight is 308 g/mol. The molecular formula is C15H17FN2O2S. The Morgan fingerprint density at radius 3 is 2.33 bits per heavy atom. The van der Waals surface area contributed by atoms with E-state index in [1.54, 1.807) is 25.1 Å². The first-order chi connectivity index (χ1) is 9.92. The number of anilines is 2. The van der Waals surface area contributed by atoms with Gasteiger partial charge < -0.3 is 5.32 Å². The van der Waals surface area contributed by atoms with Gasteiger partial charge in [-0.25, -0.2) is 12.8 Å². The molecule has 4 nitrogen and oxygen atoms in total. The summed E-state index contributed by atoms with van der Waals surface area (Å²) >= 11 is 0. The predicted molar refractivity (Wildman–Crippen MR) is 82.6 cm³/mol. The highest BCUT2D eigenvalue weighted by Gasteiger charge is 2.16. The minimum atomic E-state index is -3.80. The van der Waals surface area contributed by atoms with Gasteiger partial charge in [0.1, 0.15) is 5.82 Å². The Bertz CT molecular complexity index is 728. The summed E-state index contributed by atoms with van der Waals surface area (Å²) in [6.07, 6.45) is 0. The maximum atomic E-state index is 13.7. The van der Waals surface area contributed by atoms with E-state index in [-0.39, 0.29) is 10.6 Å². The van der Waals surface area contributed by atoms with Gasteiger partial charge in [-0.1, -0.05) is 6.07 Å². The molecule has 0 unspecified atom stereocenters. The van der Waals surface area contributed by atoms with Crippen molar-refractivity contribution in [3.63, 3.8) is 0 Å². The summed E-state index contributed by atoms with van der Waals surface area (Å²) in [7, 11) is -3.80. The lowest BCUT2D eigenvalue weighted by atomic mass is 10.2. The number of halogens is 1. The van der Waals surface area contributed by atoms with Gasteiger partial charge in [0, 0.05) is 12.2 Å². The van der Waals surface area contributed by atoms with Crippen molar-refractivity contribution in [2.24, 2.45) is 0 Å². The maximum Gasteiger partial charge on any atom is 0.261 e. The van der Waals surface area contributed by atoms with Crippen LogP contribution in [0.4, 0.5) is 15.8 Å². The molecule has 0 radical (unpaired) electrons. The molecule has 0 aromatic heterocycles. The van der Waals surface area contributed by atoms with Gasteiger partial charge in [0.25, 0.3) is 10.0 Å². The lowest BCUT2D eigenvalue weighted by molar-refractivity contribution is 0.598. The highest BCUT2D eigenvalue weighted by atomic mass is 32.2. The normalized spacial score (nSPS) is 11.2. The molecule has 0 heterocycles. The van der Waals surface area contributed by atoms with Gasteiger partial charge in [-0.05, 0) is 55.8 Å². The second kappa shape index (κ2) is 6.13. The molecule has 0 saturated carbocycles. The summed E-state index contributed by atoms with van der Waals surface area (Å²) in [6, 6.07) is 10.6. The molecule has 0 fully saturated rings. The number of rotatable bonds is 5. The number of hydrogen-bond donors (Lipinski definition) is 2. The largest absolute Gasteiger partial charge is 0.385 e. The van der Waals surface area contributed by atoms with Crippen molar-refractivity contribution in [3.8, 4) is 0 Å². The third kappa shape index (κ3) is 3.72. The Labute approximate surface area is 124 Å². The van der Waals surface area contributed by atoms with Gasteiger partial charge in [0.2, 0.25) is 0 Å². The predicted octanol–water partition coefficient (Wildman–Crippen LogP) is 3.37. The third-order valence-electron chi connectivity index (χ3n) is 2.91. The van der Waals surface area contributed by atoms with Crippen LogP contribution in [0.3, 0.4) is 0 Å². The third-order valence-corrected chi connectivity index (χ3v) is 4.30. The zero-order valence-electron chi connectivity index (χ0n) is 11.9. The van der Waals surface area contributed by atoms with E-state index < -0.39 is 15.8 Å². The highest BCUT2D eigenvalue weighted by Crippen LogP contribution is 2.21. The van der Waals surface area contributed by atoms with E-state index in [0.29, 0.717) is 0 Å². The summed E-state index contributed by atoms with van der Waals surface area (Å²) in [5, 5.41) is 3.08. The van der Waals surface area contributed by atoms with Gasteiger partial charge in [0.05, 0.1) is 10.6 Å². The summed E-state index contributed by atoms with van der Waals surface area (Å²) in [5.41, 5.74) is 1.50. The van der Waals surface area contributed by atoms with Gasteiger partial charge in [-0.3, -0.25) is 4.72 Å². The maximum absolute atomic E-state index is 13.7. The monoisotopic (exact) mass is 308 g/mol. The Kier molecular flexibility index (Phi) is 4.47. The second-order valence-corrected chi connectivity index (χ2v) is 6.33. The fraction of sp³-hybridized carbons (Fsp3) is 0.200. The lowest BCUT2D eigenvalue weighted by Crippen LogP contribution is -2.14. The first kappa shape index (κ1) is 15.3. The molecule has 0 amide bonds. The molecule has 6 heteroatoms. The molecule has 21 heavy (non-hydrogen) atoms. The molecule has 2 aromatic carbocycles. The van der Waals surface area contributed by atoms with Crippen LogP contribution in [0.25, 0.3) is 0 Å². The van der Waals surface area contributed by atoms with E-state index in [4.69, 9.17) is 0 Å². The summed E-state index contributed by atoms with van der Waals surface area (Å²) in [5.74, 6) is -0.595. The average Bonchev–Trinajstić information content (AvgIpc) is 2.43. The van der Waals surface area contributed by atoms with Crippen LogP contribution in [0.2, 0.25) is 0 Å². The van der Waals surface area contributed by atoms with Crippen LogP contribution in [0, 0.1) is 12.7 Å². The van der Waals surface area contributed by atoms with Crippen molar-refractivity contribution < 1.29 is 12.8 Å². The van der Waals surface area contributed by atoms with Crippen LogP contribution in [0.5, 0.6) is 0 Å². The molecule has 0 aliphatic heterocycles. The molecule has 112 valence electrons. The number of benzene rings is 2. The van der Waals surface area contributed by atoms with E-state index in [2.05, 4.69) is 10.0 Å². The van der Waals surface area contributed by atoms with Gasteiger partial charge >= 0.3 is 0 Å². The molecule has 0 aliphatic carbocycles. The fourth-order valence-corrected chi connectivity index (χ4v) is 2.93. The number of nitrogens with one attached hydrogen (secondary N) is 2. The van der Waals surface area contributed by atoms with Crippen LogP contribution in [-0.2, 0) is 10.0 Å². The lowest BCUT2D eigenvalue weighted by Gasteiger charge is -2.10. The van der Waals surface area contributed by atoms with Crippen LogP contribution < -0.4 is 10.0 Å². The Morgan fingerprint density at radius 2 is 1.76 bits per heavy atom. The molecule has 0 atom stereocenters. The van der Waals surface area contributed by atoms with Gasteiger partial charge in [-0.15, -0.1) is 0 Å². The van der Waals surface area contributed by atoms with E-state index in [1.807, 2.05) is 6.92 Å². The van der Waals surface area contributed by atoms with E-state index in [9.17, 15) is 12.8 Å². The Balaban J connectivity index is 2.25. The van der Waals surface area contributed by atoms with E-state index in [0.717, 1.165) is 17.8 Å². The van der Waals surface area contributed by atoms with Crippen LogP contribution >= 0.6 is 0 Å². The molecule has 0 saturated heterocycles. The first-order valence-corrected chi connectivity index (χ1v) is 8.03. The molecule has 2 N–H and O–H groups in total. The smallest absolute Gasteiger partial charge is 0.261 e. The van der Waals surface area contributed by atoms with Crippen LogP contribution in [0.1, 0.15) is 12.5 Å². The molecule has 0 aliphatic rings. The molecule has 2 rings (SSSR count). The van der Waals surface area contributed by atoms with Crippen LogP contribution in [0.15, 0.2) is 47.4 Å². The second-order valence-electron chi connectivity index (χ2n) is 4.64. The van der Waals surface area contributed by atoms with E-state index >= 15 is 0 Å². The fourth-order valence-electron chi connectivity index (χ4n) is 1.86. The SMILES string of the molecule is CCNc1ccc(S(=O)(=O)Nc2ccc(C)cc2F)cc1. The summed E-state index contributed by atoms with van der Waals surface area (Å²) in [4.78, 5) is 0.0872. The van der Waals surface area contributed by atoms with Crippen molar-refractivity contribution in [1.29, 1.82) is 0 Å². The molecule has 0 bridgehead atoms. The summed E-state index contributed by atoms with van der Waals surface area (Å²) < 4.78 is 40.4. The Hall–Kier alpha value is -2.08. The zero-order valence-corrected chi connectivity index (χ0v) is 12.7. The van der Waals surface area contributed by atoms with Crippen molar-refractivity contribution >= 4 is 21.4 Å². The molecular weight excluding hydrogens is 291 g/mol. The topological polar surface area (TPSA) is 58.2 Å². The van der Waals surface area contributed by atoms with Crippen molar-refractivity contribution in [2.45, 2.75) is 18.7 Å². The minimum absolute atomic E-state index is 0.0589. The van der Waals surface area contributed by atoms with E-state index in [1.165, 1.54) is 24.3 Å². The number of aryl methyl sites for hydroxylation is 1. The zero-order chi connectivity index (χ0) is 15.5. The quantitative estimate of drug-likeness (QED) is 0.890. The first-order valence-electron chi connectivity index (χ1n) is 6.55. The van der Waals surface area contributed by atoms with Crippen molar-refractivity contribution in [2.75, 3.05) is 16.6 Å². The molecule has 0 spiro atoms. The molecule has 2 aromatic rings. The highest BCUT2D eigenvalue weighted by molar-refractivity contribution is 7.92. The van der Waals surface area contributed by atoms with Crippen LogP contribution in [-0.4, -0.2) is 15.0 Å². The Morgan fingerprint density at radius 1 is 1.10 bits per heavy atom. The van der Waals surface area contributed by atoms with Crippen molar-refractivity contribution in [1.82, 2.24) is 0 Å². The minimum Gasteiger partial charge on any atom is -0.385 e. The van der Waals surface area contributed by atoms with Gasteiger partial charge in [-0.2, -0.15) is 0 Å². The number of sulfonamides is 1. The number of hydrogen-bond acceptors (Lipinski definition) is 3. The summed E-state index contributed by atoms with van der Waals surface area (Å²) in [6.45, 7) is 4.44.